The molecule has 2 aliphatic heterocycles. The summed E-state index contributed by atoms with van der Waals surface area (Å²) in [5.74, 6) is -5.75. The van der Waals surface area contributed by atoms with Gasteiger partial charge in [0.05, 0.1) is 11.5 Å². The van der Waals surface area contributed by atoms with Gasteiger partial charge in [-0.05, 0) is 5.56 Å². The van der Waals surface area contributed by atoms with Gasteiger partial charge < -0.3 is 0 Å². The molecule has 0 spiro atoms. The van der Waals surface area contributed by atoms with E-state index in [0.717, 1.165) is 5.56 Å². The number of halogens is 2. The van der Waals surface area contributed by atoms with Crippen molar-refractivity contribution in [1.29, 1.82) is 0 Å². The topological polar surface area (TPSA) is 37.4 Å². The van der Waals surface area contributed by atoms with Crippen molar-refractivity contribution < 1.29 is 17.2 Å². The van der Waals surface area contributed by atoms with Crippen LogP contribution in [0.1, 0.15) is 5.56 Å². The van der Waals surface area contributed by atoms with Crippen LogP contribution >= 0.6 is 0 Å². The van der Waals surface area contributed by atoms with Crippen LogP contribution in [0.3, 0.4) is 0 Å². The predicted molar refractivity (Wildman–Crippen MR) is 72.3 cm³/mol. The second kappa shape index (κ2) is 4.77. The van der Waals surface area contributed by atoms with Crippen LogP contribution in [-0.4, -0.2) is 43.8 Å². The van der Waals surface area contributed by atoms with Crippen LogP contribution in [0.2, 0.25) is 0 Å². The number of hydrogen-bond donors (Lipinski definition) is 0. The smallest absolute Gasteiger partial charge is 0.258 e. The van der Waals surface area contributed by atoms with E-state index in [1.807, 2.05) is 35.2 Å². The van der Waals surface area contributed by atoms with Crippen LogP contribution in [0, 0.1) is 11.8 Å². The minimum absolute atomic E-state index is 0.150. The highest BCUT2D eigenvalue weighted by atomic mass is 32.2. The van der Waals surface area contributed by atoms with Gasteiger partial charge in [0, 0.05) is 31.5 Å². The molecular weight excluding hydrogens is 284 g/mol. The Hall–Kier alpha value is -1.01. The van der Waals surface area contributed by atoms with Crippen LogP contribution in [0.25, 0.3) is 0 Å². The van der Waals surface area contributed by atoms with Crippen LogP contribution in [0.15, 0.2) is 30.3 Å². The molecule has 0 amide bonds. The Morgan fingerprint density at radius 3 is 2.20 bits per heavy atom. The lowest BCUT2D eigenvalue weighted by Crippen LogP contribution is -2.60. The lowest BCUT2D eigenvalue weighted by atomic mass is 9.86. The van der Waals surface area contributed by atoms with Crippen molar-refractivity contribution in [1.82, 2.24) is 4.90 Å². The number of sulfone groups is 1. The molecule has 0 saturated carbocycles. The van der Waals surface area contributed by atoms with Gasteiger partial charge in [-0.15, -0.1) is 0 Å². The zero-order chi connectivity index (χ0) is 14.4. The molecule has 3 rings (SSSR count). The van der Waals surface area contributed by atoms with Crippen LogP contribution in [0.5, 0.6) is 0 Å². The van der Waals surface area contributed by atoms with Gasteiger partial charge in [-0.1, -0.05) is 30.3 Å². The third-order valence-electron chi connectivity index (χ3n) is 4.21. The molecule has 6 heteroatoms. The first-order valence-corrected chi connectivity index (χ1v) is 8.53. The van der Waals surface area contributed by atoms with Crippen LogP contribution < -0.4 is 0 Å². The number of alkyl halides is 2. The van der Waals surface area contributed by atoms with Crippen molar-refractivity contribution in [2.45, 2.75) is 12.5 Å². The molecule has 2 saturated heterocycles. The zero-order valence-electron chi connectivity index (χ0n) is 11.0. The fraction of sp³-hybridized carbons (Fsp3) is 0.571. The number of likely N-dealkylation sites (tertiary alicyclic amines) is 1. The Kier molecular flexibility index (Phi) is 3.33. The third-order valence-corrected chi connectivity index (χ3v) is 6.03. The molecule has 1 aromatic carbocycles. The minimum Gasteiger partial charge on any atom is -0.298 e. The van der Waals surface area contributed by atoms with E-state index in [0.29, 0.717) is 6.54 Å². The average molecular weight is 301 g/mol. The normalized spacial score (nSPS) is 31.9. The number of hydrogen-bond acceptors (Lipinski definition) is 3. The van der Waals surface area contributed by atoms with E-state index in [-0.39, 0.29) is 24.6 Å². The number of rotatable bonds is 2. The summed E-state index contributed by atoms with van der Waals surface area (Å²) in [7, 11) is -3.32. The highest BCUT2D eigenvalue weighted by Gasteiger charge is 2.57. The maximum Gasteiger partial charge on any atom is 0.258 e. The molecule has 0 radical (unpaired) electrons. The molecule has 1 aromatic rings. The van der Waals surface area contributed by atoms with Crippen molar-refractivity contribution in [2.24, 2.45) is 11.8 Å². The summed E-state index contributed by atoms with van der Waals surface area (Å²) >= 11 is 0. The largest absolute Gasteiger partial charge is 0.298 e. The molecular formula is C14H17F2NO2S. The highest BCUT2D eigenvalue weighted by molar-refractivity contribution is 7.91. The molecule has 2 heterocycles. The Morgan fingerprint density at radius 1 is 1.10 bits per heavy atom. The molecule has 20 heavy (non-hydrogen) atoms. The Balaban J connectivity index is 1.77. The molecule has 2 atom stereocenters. The standard InChI is InChI=1S/C14H17F2NO2S/c15-14(16)12-7-17(6-11-4-2-1-3-5-11)8-13(14)10-20(18,19)9-12/h1-5,12-13H,6-10H2. The van der Waals surface area contributed by atoms with Gasteiger partial charge in [-0.3, -0.25) is 4.90 Å². The van der Waals surface area contributed by atoms with Gasteiger partial charge >= 0.3 is 0 Å². The average Bonchev–Trinajstić information content (AvgIpc) is 2.34. The number of nitrogens with zero attached hydrogens (tertiary/aromatic N) is 1. The van der Waals surface area contributed by atoms with Gasteiger partial charge in [-0.25, -0.2) is 17.2 Å². The first kappa shape index (κ1) is 13.9. The van der Waals surface area contributed by atoms with Crippen molar-refractivity contribution in [3.63, 3.8) is 0 Å². The lowest BCUT2D eigenvalue weighted by Gasteiger charge is -2.46. The quantitative estimate of drug-likeness (QED) is 0.836. The molecule has 2 unspecified atom stereocenters. The number of fused-ring (bicyclic) bond motifs is 2. The number of benzene rings is 1. The molecule has 2 aliphatic rings. The van der Waals surface area contributed by atoms with E-state index >= 15 is 0 Å². The Labute approximate surface area is 117 Å². The molecule has 0 aromatic heterocycles. The van der Waals surface area contributed by atoms with Crippen molar-refractivity contribution in [3.05, 3.63) is 35.9 Å². The van der Waals surface area contributed by atoms with Crippen molar-refractivity contribution in [2.75, 3.05) is 24.6 Å². The summed E-state index contributed by atoms with van der Waals surface area (Å²) in [6, 6.07) is 9.66. The van der Waals surface area contributed by atoms with E-state index in [2.05, 4.69) is 0 Å². The molecule has 110 valence electrons. The minimum atomic E-state index is -3.32. The van der Waals surface area contributed by atoms with E-state index in [1.54, 1.807) is 0 Å². The van der Waals surface area contributed by atoms with E-state index < -0.39 is 27.6 Å². The van der Waals surface area contributed by atoms with Gasteiger partial charge in [0.1, 0.15) is 0 Å². The summed E-state index contributed by atoms with van der Waals surface area (Å²) in [6.07, 6.45) is 0. The first-order valence-electron chi connectivity index (χ1n) is 6.71. The van der Waals surface area contributed by atoms with Crippen LogP contribution in [-0.2, 0) is 16.4 Å². The molecule has 2 bridgehead atoms. The summed E-state index contributed by atoms with van der Waals surface area (Å²) in [5, 5.41) is 0. The lowest BCUT2D eigenvalue weighted by molar-refractivity contribution is -0.142. The maximum atomic E-state index is 14.1. The van der Waals surface area contributed by atoms with Gasteiger partial charge in [-0.2, -0.15) is 0 Å². The van der Waals surface area contributed by atoms with E-state index in [4.69, 9.17) is 0 Å². The maximum absolute atomic E-state index is 14.1. The second-order valence-corrected chi connectivity index (χ2v) is 7.98. The fourth-order valence-electron chi connectivity index (χ4n) is 3.25. The second-order valence-electron chi connectivity index (χ2n) is 5.82. The van der Waals surface area contributed by atoms with Crippen molar-refractivity contribution >= 4 is 9.84 Å². The van der Waals surface area contributed by atoms with Gasteiger partial charge in [0.25, 0.3) is 5.92 Å². The molecule has 0 aliphatic carbocycles. The Bertz CT molecular complexity index is 564. The summed E-state index contributed by atoms with van der Waals surface area (Å²) < 4.78 is 51.5. The molecule has 3 nitrogen and oxygen atoms in total. The van der Waals surface area contributed by atoms with Crippen LogP contribution in [0.4, 0.5) is 8.78 Å². The van der Waals surface area contributed by atoms with Gasteiger partial charge in [0.2, 0.25) is 0 Å². The summed E-state index contributed by atoms with van der Waals surface area (Å²) in [5.41, 5.74) is 1.07. The zero-order valence-corrected chi connectivity index (χ0v) is 11.8. The molecule has 0 N–H and O–H groups in total. The summed E-state index contributed by atoms with van der Waals surface area (Å²) in [6.45, 7) is 0.902. The van der Waals surface area contributed by atoms with E-state index in [9.17, 15) is 17.2 Å². The third kappa shape index (κ3) is 2.59. The predicted octanol–water partition coefficient (Wildman–Crippen LogP) is 1.80. The van der Waals surface area contributed by atoms with Gasteiger partial charge in [0.15, 0.2) is 9.84 Å². The van der Waals surface area contributed by atoms with E-state index in [1.165, 1.54) is 0 Å². The highest BCUT2D eigenvalue weighted by Crippen LogP contribution is 2.43. The van der Waals surface area contributed by atoms with Crippen molar-refractivity contribution in [3.8, 4) is 0 Å². The number of piperidine rings is 1. The first-order chi connectivity index (χ1) is 9.37. The summed E-state index contributed by atoms with van der Waals surface area (Å²) in [4.78, 5) is 1.96. The monoisotopic (exact) mass is 301 g/mol. The SMILES string of the molecule is O=S1(=O)CC2CN(Cc3ccccc3)CC(C1)C2(F)F. The Morgan fingerprint density at radius 2 is 1.65 bits per heavy atom. The fourth-order valence-corrected chi connectivity index (χ4v) is 5.27. The molecule has 2 fully saturated rings.